The number of rotatable bonds is 4. The highest BCUT2D eigenvalue weighted by Crippen LogP contribution is 2.71. The molecule has 0 spiro atoms. The van der Waals surface area contributed by atoms with E-state index in [0.29, 0.717) is 17.8 Å². The summed E-state index contributed by atoms with van der Waals surface area (Å²) in [7, 11) is 0. The third-order valence-corrected chi connectivity index (χ3v) is 4.54. The molecule has 2 saturated carbocycles. The molecule has 3 aliphatic carbocycles. The van der Waals surface area contributed by atoms with Gasteiger partial charge in [0.05, 0.1) is 5.60 Å². The number of nitrogens with zero attached hydrogens (tertiary/aromatic N) is 1. The van der Waals surface area contributed by atoms with E-state index in [1.807, 2.05) is 0 Å². The Bertz CT molecular complexity index is 295. The fourth-order valence-corrected chi connectivity index (χ4v) is 3.39. The van der Waals surface area contributed by atoms with Gasteiger partial charge >= 0.3 is 0 Å². The minimum atomic E-state index is -0.294. The van der Waals surface area contributed by atoms with Gasteiger partial charge in [0.25, 0.3) is 0 Å². The lowest BCUT2D eigenvalue weighted by Crippen LogP contribution is -2.29. The quantitative estimate of drug-likeness (QED) is 0.680. The summed E-state index contributed by atoms with van der Waals surface area (Å²) < 4.78 is 0. The van der Waals surface area contributed by atoms with E-state index >= 15 is 0 Å². The minimum absolute atomic E-state index is 0.294. The van der Waals surface area contributed by atoms with Crippen molar-refractivity contribution in [3.05, 3.63) is 11.6 Å². The highest BCUT2D eigenvalue weighted by molar-refractivity contribution is 5.48. The van der Waals surface area contributed by atoms with E-state index in [9.17, 15) is 5.11 Å². The Morgan fingerprint density at radius 3 is 2.71 bits per heavy atom. The van der Waals surface area contributed by atoms with Crippen molar-refractivity contribution in [1.82, 2.24) is 4.90 Å². The molecule has 0 radical (unpaired) electrons. The summed E-state index contributed by atoms with van der Waals surface area (Å²) in [6, 6.07) is 0. The van der Waals surface area contributed by atoms with Crippen LogP contribution in [0.5, 0.6) is 0 Å². The van der Waals surface area contributed by atoms with E-state index in [4.69, 9.17) is 0 Å². The van der Waals surface area contributed by atoms with Crippen molar-refractivity contribution in [3.8, 4) is 0 Å². The second-order valence-corrected chi connectivity index (χ2v) is 5.01. The standard InChI is InChI=1S/C12H19NO/c1-3-13(4-2)7-11-10-6-8-5-9(8)12(10,11)14/h5,9-11,14H,3-4,6-7H2,1-2H3. The largest absolute Gasteiger partial charge is 0.388 e. The summed E-state index contributed by atoms with van der Waals surface area (Å²) in [5.74, 6) is 1.66. The van der Waals surface area contributed by atoms with E-state index in [1.165, 1.54) is 12.0 Å². The normalized spacial score (nSPS) is 47.4. The highest BCUT2D eigenvalue weighted by atomic mass is 16.3. The molecule has 0 aromatic heterocycles. The van der Waals surface area contributed by atoms with Crippen LogP contribution in [0.3, 0.4) is 0 Å². The fraction of sp³-hybridized carbons (Fsp3) is 0.833. The summed E-state index contributed by atoms with van der Waals surface area (Å²) in [5, 5.41) is 10.4. The molecule has 2 heteroatoms. The van der Waals surface area contributed by atoms with Gasteiger partial charge < -0.3 is 10.0 Å². The van der Waals surface area contributed by atoms with E-state index < -0.39 is 0 Å². The van der Waals surface area contributed by atoms with Crippen molar-refractivity contribution in [2.45, 2.75) is 25.9 Å². The summed E-state index contributed by atoms with van der Waals surface area (Å²) in [6.45, 7) is 7.73. The summed E-state index contributed by atoms with van der Waals surface area (Å²) >= 11 is 0. The Balaban J connectivity index is 1.62. The molecule has 0 amide bonds. The molecule has 4 atom stereocenters. The maximum absolute atomic E-state index is 10.4. The van der Waals surface area contributed by atoms with Gasteiger partial charge in [-0.2, -0.15) is 0 Å². The van der Waals surface area contributed by atoms with Gasteiger partial charge in [-0.25, -0.2) is 0 Å². The maximum atomic E-state index is 10.4. The molecule has 0 bridgehead atoms. The third kappa shape index (κ3) is 0.934. The first kappa shape index (κ1) is 8.93. The van der Waals surface area contributed by atoms with Crippen LogP contribution in [0.2, 0.25) is 0 Å². The molecule has 0 saturated heterocycles. The van der Waals surface area contributed by atoms with Crippen LogP contribution in [0.4, 0.5) is 0 Å². The van der Waals surface area contributed by atoms with Gasteiger partial charge in [-0.3, -0.25) is 0 Å². The van der Waals surface area contributed by atoms with Crippen LogP contribution in [0.25, 0.3) is 0 Å². The van der Waals surface area contributed by atoms with Crippen LogP contribution < -0.4 is 0 Å². The molecule has 4 unspecified atom stereocenters. The zero-order valence-corrected chi connectivity index (χ0v) is 9.03. The Labute approximate surface area is 85.6 Å². The average molecular weight is 193 g/mol. The van der Waals surface area contributed by atoms with Gasteiger partial charge in [0.15, 0.2) is 0 Å². The first-order chi connectivity index (χ1) is 6.71. The van der Waals surface area contributed by atoms with E-state index in [-0.39, 0.29) is 5.60 Å². The lowest BCUT2D eigenvalue weighted by molar-refractivity contribution is 0.103. The Morgan fingerprint density at radius 2 is 2.21 bits per heavy atom. The van der Waals surface area contributed by atoms with Gasteiger partial charge in [0, 0.05) is 18.4 Å². The van der Waals surface area contributed by atoms with Gasteiger partial charge in [0.1, 0.15) is 0 Å². The SMILES string of the molecule is CCN(CC)CC1C2CC3=CC3C21O. The maximum Gasteiger partial charge on any atom is 0.0826 e. The predicted molar refractivity (Wildman–Crippen MR) is 55.9 cm³/mol. The van der Waals surface area contributed by atoms with Gasteiger partial charge in [0.2, 0.25) is 0 Å². The lowest BCUT2D eigenvalue weighted by atomic mass is 10.1. The summed E-state index contributed by atoms with van der Waals surface area (Å²) in [4.78, 5) is 2.43. The van der Waals surface area contributed by atoms with Crippen LogP contribution in [-0.4, -0.2) is 35.2 Å². The molecule has 3 aliphatic rings. The molecule has 0 aromatic rings. The molecule has 3 rings (SSSR count). The molecule has 0 aliphatic heterocycles. The smallest absolute Gasteiger partial charge is 0.0826 e. The predicted octanol–water partition coefficient (Wildman–Crippen LogP) is 1.27. The van der Waals surface area contributed by atoms with Crippen LogP contribution in [0, 0.1) is 17.8 Å². The zero-order valence-electron chi connectivity index (χ0n) is 9.03. The molecule has 1 N–H and O–H groups in total. The Morgan fingerprint density at radius 1 is 1.50 bits per heavy atom. The van der Waals surface area contributed by atoms with Gasteiger partial charge in [-0.1, -0.05) is 25.5 Å². The Hall–Kier alpha value is -0.340. The highest BCUT2D eigenvalue weighted by Gasteiger charge is 2.74. The second-order valence-electron chi connectivity index (χ2n) is 5.01. The van der Waals surface area contributed by atoms with Crippen molar-refractivity contribution in [3.63, 3.8) is 0 Å². The average Bonchev–Trinajstić information content (AvgIpc) is 3.04. The van der Waals surface area contributed by atoms with E-state index in [0.717, 1.165) is 19.6 Å². The van der Waals surface area contributed by atoms with Gasteiger partial charge in [-0.15, -0.1) is 0 Å². The topological polar surface area (TPSA) is 23.5 Å². The lowest BCUT2D eigenvalue weighted by Gasteiger charge is -2.19. The molecule has 2 nitrogen and oxygen atoms in total. The molecule has 2 fully saturated rings. The molecule has 14 heavy (non-hydrogen) atoms. The fourth-order valence-electron chi connectivity index (χ4n) is 3.39. The number of hydrogen-bond acceptors (Lipinski definition) is 2. The number of aliphatic hydroxyl groups is 1. The first-order valence-electron chi connectivity index (χ1n) is 5.87. The third-order valence-electron chi connectivity index (χ3n) is 4.54. The number of fused-ring (bicyclic) bond motifs is 3. The van der Waals surface area contributed by atoms with E-state index in [1.54, 1.807) is 0 Å². The van der Waals surface area contributed by atoms with Crippen molar-refractivity contribution in [2.75, 3.05) is 19.6 Å². The summed E-state index contributed by atoms with van der Waals surface area (Å²) in [5.41, 5.74) is 1.24. The molecule has 78 valence electrons. The van der Waals surface area contributed by atoms with Crippen molar-refractivity contribution >= 4 is 0 Å². The summed E-state index contributed by atoms with van der Waals surface area (Å²) in [6.07, 6.45) is 3.45. The molecular formula is C12H19NO. The first-order valence-corrected chi connectivity index (χ1v) is 5.87. The molecular weight excluding hydrogens is 174 g/mol. The minimum Gasteiger partial charge on any atom is -0.388 e. The van der Waals surface area contributed by atoms with Gasteiger partial charge in [-0.05, 0) is 25.4 Å². The Kier molecular flexibility index (Phi) is 1.67. The van der Waals surface area contributed by atoms with Crippen LogP contribution in [0.15, 0.2) is 11.6 Å². The van der Waals surface area contributed by atoms with E-state index in [2.05, 4.69) is 24.8 Å². The zero-order chi connectivity index (χ0) is 9.92. The van der Waals surface area contributed by atoms with Crippen LogP contribution in [0.1, 0.15) is 20.3 Å². The second kappa shape index (κ2) is 2.61. The number of hydrogen-bond donors (Lipinski definition) is 1. The van der Waals surface area contributed by atoms with Crippen molar-refractivity contribution in [1.29, 1.82) is 0 Å². The van der Waals surface area contributed by atoms with Crippen LogP contribution >= 0.6 is 0 Å². The monoisotopic (exact) mass is 193 g/mol. The molecule has 0 heterocycles. The van der Waals surface area contributed by atoms with Crippen molar-refractivity contribution in [2.24, 2.45) is 17.8 Å². The van der Waals surface area contributed by atoms with Crippen molar-refractivity contribution < 1.29 is 5.11 Å². The molecule has 0 aromatic carbocycles. The van der Waals surface area contributed by atoms with Crippen LogP contribution in [-0.2, 0) is 0 Å².